The lowest BCUT2D eigenvalue weighted by molar-refractivity contribution is 0.822. The Morgan fingerprint density at radius 2 is 1.47 bits per heavy atom. The van der Waals surface area contributed by atoms with Crippen LogP contribution in [0.5, 0.6) is 0 Å². The van der Waals surface area contributed by atoms with Gasteiger partial charge in [0.25, 0.3) is 0 Å². The third-order valence-electron chi connectivity index (χ3n) is 12.2. The van der Waals surface area contributed by atoms with Crippen LogP contribution in [0.15, 0.2) is 151 Å². The van der Waals surface area contributed by atoms with Crippen molar-refractivity contribution in [2.75, 3.05) is 4.90 Å². The number of nitrogens with zero attached hydrogens (tertiary/aromatic N) is 3. The first kappa shape index (κ1) is 31.7. The summed E-state index contributed by atoms with van der Waals surface area (Å²) in [4.78, 5) is 7.49. The number of rotatable bonds is 4. The number of anilines is 2. The number of hydrogen-bond donors (Lipinski definition) is 0. The van der Waals surface area contributed by atoms with Crippen LogP contribution in [0.2, 0.25) is 0 Å². The van der Waals surface area contributed by atoms with E-state index in [1.807, 2.05) is 18.2 Å². The molecule has 2 heterocycles. The topological polar surface area (TPSA) is 39.9 Å². The summed E-state index contributed by atoms with van der Waals surface area (Å²) in [5.74, 6) is 0.241. The Morgan fingerprint density at radius 3 is 2.33 bits per heavy atom. The van der Waals surface area contributed by atoms with Crippen LogP contribution in [0.3, 0.4) is 0 Å². The minimum Gasteiger partial charge on any atom is -0.313 e. The highest BCUT2D eigenvalue weighted by Crippen LogP contribution is 2.52. The van der Waals surface area contributed by atoms with Gasteiger partial charge in [0.1, 0.15) is 0 Å². The molecule has 55 heavy (non-hydrogen) atoms. The Morgan fingerprint density at radius 1 is 0.673 bits per heavy atom. The zero-order chi connectivity index (χ0) is 36.5. The Bertz CT molecular complexity index is 2890. The highest BCUT2D eigenvalue weighted by atomic mass is 15.2. The maximum Gasteiger partial charge on any atom is 0.0992 e. The predicted octanol–water partition coefficient (Wildman–Crippen LogP) is 13.1. The number of hydrogen-bond acceptors (Lipinski definition) is 3. The van der Waals surface area contributed by atoms with E-state index in [-0.39, 0.29) is 5.92 Å². The number of aromatic nitrogens is 1. The van der Waals surface area contributed by atoms with E-state index in [2.05, 4.69) is 151 Å². The van der Waals surface area contributed by atoms with Crippen molar-refractivity contribution in [1.29, 1.82) is 5.26 Å². The van der Waals surface area contributed by atoms with Crippen LogP contribution in [-0.2, 0) is 12.8 Å². The van der Waals surface area contributed by atoms with Gasteiger partial charge in [0.2, 0.25) is 0 Å². The molecule has 3 heteroatoms. The fraction of sp³-hybridized carbons (Fsp3) is 0.115. The molecule has 11 rings (SSSR count). The molecule has 6 aromatic carbocycles. The standard InChI is InChI=1S/C52H37N3/c53-31-33-21-24-44-45-25-22-35(28-52(45)55(51(44)27-33)37-13-2-1-3-14-37)50-26-23-36(32-54-50)46-29-48-43-19-9-8-18-42(43)47(30-49(48)41-17-7-6-16-40(41)46)39-20-10-12-34-11-4-5-15-38(34)39/h1-5,7-8,10-15,17-18,20-24,26-30,32,45H,6,9,16,19,25H2. The minimum atomic E-state index is 0.241. The molecule has 1 atom stereocenters. The smallest absolute Gasteiger partial charge is 0.0992 e. The van der Waals surface area contributed by atoms with Crippen molar-refractivity contribution < 1.29 is 0 Å². The number of para-hydroxylation sites is 1. The molecule has 3 aliphatic carbocycles. The van der Waals surface area contributed by atoms with Gasteiger partial charge in [0.05, 0.1) is 23.0 Å². The summed E-state index contributed by atoms with van der Waals surface area (Å²) in [5, 5.41) is 15.0. The zero-order valence-electron chi connectivity index (χ0n) is 30.5. The van der Waals surface area contributed by atoms with Crippen LogP contribution < -0.4 is 4.90 Å². The second-order valence-corrected chi connectivity index (χ2v) is 15.1. The molecule has 1 aromatic heterocycles. The quantitative estimate of drug-likeness (QED) is 0.183. The molecule has 0 saturated heterocycles. The maximum atomic E-state index is 9.73. The Hall–Kier alpha value is -6.76. The van der Waals surface area contributed by atoms with Gasteiger partial charge in [0, 0.05) is 29.1 Å². The van der Waals surface area contributed by atoms with Crippen molar-refractivity contribution in [3.05, 3.63) is 191 Å². The molecule has 0 amide bonds. The summed E-state index contributed by atoms with van der Waals surface area (Å²) in [5.41, 5.74) is 18.2. The van der Waals surface area contributed by atoms with E-state index >= 15 is 0 Å². The summed E-state index contributed by atoms with van der Waals surface area (Å²) < 4.78 is 0. The lowest BCUT2D eigenvalue weighted by Crippen LogP contribution is -2.15. The molecule has 1 unspecified atom stereocenters. The third-order valence-corrected chi connectivity index (χ3v) is 12.2. The maximum absolute atomic E-state index is 9.73. The van der Waals surface area contributed by atoms with Gasteiger partial charge in [-0.3, -0.25) is 4.98 Å². The SMILES string of the molecule is N#Cc1ccc2c(c1)N(c1ccccc1)C1=CC(c3ccc(-c4cc5c6c(c(-c7cccc8ccccc78)cc5c5c4CCC=C5)C=CCC6)cn3)=CCC12. The van der Waals surface area contributed by atoms with Crippen molar-refractivity contribution >= 4 is 50.6 Å². The van der Waals surface area contributed by atoms with Crippen molar-refractivity contribution in [2.24, 2.45) is 0 Å². The van der Waals surface area contributed by atoms with Crippen LogP contribution >= 0.6 is 0 Å². The number of pyridine rings is 1. The number of nitriles is 1. The number of aryl methyl sites for hydroxylation is 1. The molecule has 3 nitrogen and oxygen atoms in total. The van der Waals surface area contributed by atoms with Crippen molar-refractivity contribution in [3.8, 4) is 28.3 Å². The van der Waals surface area contributed by atoms with Gasteiger partial charge in [-0.1, -0.05) is 103 Å². The summed E-state index contributed by atoms with van der Waals surface area (Å²) in [6, 6.07) is 43.9. The summed E-state index contributed by atoms with van der Waals surface area (Å²) in [7, 11) is 0. The predicted molar refractivity (Wildman–Crippen MR) is 228 cm³/mol. The molecule has 0 spiro atoms. The van der Waals surface area contributed by atoms with Crippen LogP contribution in [0.25, 0.3) is 61.5 Å². The average molecular weight is 704 g/mol. The van der Waals surface area contributed by atoms with E-state index in [0.717, 1.165) is 54.7 Å². The van der Waals surface area contributed by atoms with Gasteiger partial charge < -0.3 is 4.90 Å². The largest absolute Gasteiger partial charge is 0.313 e. The van der Waals surface area contributed by atoms with Gasteiger partial charge in [-0.25, -0.2) is 0 Å². The second kappa shape index (κ2) is 12.7. The van der Waals surface area contributed by atoms with Gasteiger partial charge in [-0.15, -0.1) is 0 Å². The molecule has 0 bridgehead atoms. The molecule has 0 saturated carbocycles. The number of benzene rings is 6. The molecular formula is C52H37N3. The van der Waals surface area contributed by atoms with Crippen LogP contribution in [0.1, 0.15) is 64.3 Å². The van der Waals surface area contributed by atoms with E-state index in [9.17, 15) is 5.26 Å². The first-order chi connectivity index (χ1) is 27.2. The van der Waals surface area contributed by atoms with Crippen LogP contribution in [0, 0.1) is 11.3 Å². The minimum absolute atomic E-state index is 0.241. The van der Waals surface area contributed by atoms with Crippen molar-refractivity contribution in [1.82, 2.24) is 4.98 Å². The second-order valence-electron chi connectivity index (χ2n) is 15.1. The molecule has 0 radical (unpaired) electrons. The van der Waals surface area contributed by atoms with E-state index in [0.29, 0.717) is 5.56 Å². The number of fused-ring (bicyclic) bond motifs is 9. The molecule has 0 N–H and O–H groups in total. The Kier molecular flexibility index (Phi) is 7.32. The molecular weight excluding hydrogens is 667 g/mol. The first-order valence-corrected chi connectivity index (χ1v) is 19.5. The van der Waals surface area contributed by atoms with Gasteiger partial charge in [-0.2, -0.15) is 5.26 Å². The normalized spacial score (nSPS) is 16.6. The van der Waals surface area contributed by atoms with Crippen molar-refractivity contribution in [3.63, 3.8) is 0 Å². The summed E-state index contributed by atoms with van der Waals surface area (Å²) in [6.45, 7) is 0. The Labute approximate surface area is 321 Å². The average Bonchev–Trinajstić information content (AvgIpc) is 3.59. The van der Waals surface area contributed by atoms with E-state index < -0.39 is 0 Å². The first-order valence-electron chi connectivity index (χ1n) is 19.5. The van der Waals surface area contributed by atoms with Gasteiger partial charge in [-0.05, 0) is 152 Å². The summed E-state index contributed by atoms with van der Waals surface area (Å²) in [6.07, 6.45) is 21.2. The molecule has 260 valence electrons. The number of allylic oxidation sites excluding steroid dienone is 6. The highest BCUT2D eigenvalue weighted by Gasteiger charge is 2.36. The molecule has 4 aliphatic rings. The fourth-order valence-electron chi connectivity index (χ4n) is 9.61. The van der Waals surface area contributed by atoms with Gasteiger partial charge >= 0.3 is 0 Å². The van der Waals surface area contributed by atoms with Gasteiger partial charge in [0.15, 0.2) is 0 Å². The molecule has 1 aliphatic heterocycles. The van der Waals surface area contributed by atoms with E-state index in [1.54, 1.807) is 0 Å². The van der Waals surface area contributed by atoms with E-state index in [4.69, 9.17) is 4.98 Å². The zero-order valence-corrected chi connectivity index (χ0v) is 30.5. The highest BCUT2D eigenvalue weighted by molar-refractivity contribution is 6.07. The lowest BCUT2D eigenvalue weighted by atomic mass is 9.79. The Balaban J connectivity index is 1.01. The molecule has 7 aromatic rings. The summed E-state index contributed by atoms with van der Waals surface area (Å²) >= 11 is 0. The van der Waals surface area contributed by atoms with Crippen LogP contribution in [-0.4, -0.2) is 4.98 Å². The third kappa shape index (κ3) is 5.06. The molecule has 0 fully saturated rings. The van der Waals surface area contributed by atoms with Crippen molar-refractivity contribution in [2.45, 2.75) is 38.0 Å². The monoisotopic (exact) mass is 703 g/mol. The van der Waals surface area contributed by atoms with E-state index in [1.165, 1.54) is 77.3 Å². The lowest BCUT2D eigenvalue weighted by Gasteiger charge is -2.26. The fourth-order valence-corrected chi connectivity index (χ4v) is 9.61. The van der Waals surface area contributed by atoms with Crippen LogP contribution in [0.4, 0.5) is 11.4 Å².